The molecule has 4 aromatic carbocycles. The minimum Gasteiger partial charge on any atom is -0.500 e. The Labute approximate surface area is 352 Å². The largest absolute Gasteiger partial charge is 0.500 e. The van der Waals surface area contributed by atoms with Crippen molar-refractivity contribution in [3.63, 3.8) is 0 Å². The summed E-state index contributed by atoms with van der Waals surface area (Å²) < 4.78 is 6.49. The molecule has 293 valence electrons. The summed E-state index contributed by atoms with van der Waals surface area (Å²) in [6.45, 7) is 24.2. The molecular formula is C52H53IrN3O-2. The third-order valence-electron chi connectivity index (χ3n) is 10.5. The maximum absolute atomic E-state index is 6.49. The SMILES string of the molecule is Cc1cnc(-c2[c-]cc(C)c(-c3ccc(CC(C)(C)C)cc3)c2)cc1C.Cc1cnc(-c2[c-]ccc3c2oc2c3ccc3ccnc(C)c32)cc1CC(C)(C)C.[Ir]. The van der Waals surface area contributed by atoms with Gasteiger partial charge in [0.15, 0.2) is 0 Å². The topological polar surface area (TPSA) is 51.8 Å². The third-order valence-corrected chi connectivity index (χ3v) is 10.5. The Morgan fingerprint density at radius 3 is 2.00 bits per heavy atom. The standard InChI is InChI=1S/C27H25N2O.C25H28N.Ir/c1-16-15-29-23(13-19(16)14-27(3,4)5)22-8-6-7-20-21-10-9-18-11-12-28-17(2)24(18)26(21)30-25(20)22;1-17-7-10-22(24-13-18(2)19(3)16-26-24)14-23(17)21-11-8-20(9-12-21)15-25(4,5)6;/h6-7,9-13,15H,14H2,1-5H3;7-9,11-14,16H,15H2,1-6H3;/q2*-1;. The molecule has 0 saturated heterocycles. The van der Waals surface area contributed by atoms with E-state index in [2.05, 4.69) is 158 Å². The predicted molar refractivity (Wildman–Crippen MR) is 235 cm³/mol. The van der Waals surface area contributed by atoms with Gasteiger partial charge in [0.2, 0.25) is 0 Å². The number of benzene rings is 4. The Hall–Kier alpha value is -4.96. The average Bonchev–Trinajstić information content (AvgIpc) is 3.53. The summed E-state index contributed by atoms with van der Waals surface area (Å²) in [6.07, 6.45) is 7.85. The molecule has 8 aromatic rings. The first-order valence-electron chi connectivity index (χ1n) is 19.7. The molecule has 0 fully saturated rings. The second kappa shape index (κ2) is 16.5. The molecule has 0 amide bonds. The second-order valence-corrected chi connectivity index (χ2v) is 17.9. The van der Waals surface area contributed by atoms with Gasteiger partial charge in [-0.15, -0.1) is 47.5 Å². The molecule has 0 unspecified atom stereocenters. The van der Waals surface area contributed by atoms with Crippen molar-refractivity contribution in [1.82, 2.24) is 15.0 Å². The van der Waals surface area contributed by atoms with Crippen LogP contribution in [0.25, 0.3) is 66.4 Å². The van der Waals surface area contributed by atoms with Crippen molar-refractivity contribution in [3.8, 4) is 33.6 Å². The van der Waals surface area contributed by atoms with Crippen molar-refractivity contribution < 1.29 is 24.5 Å². The monoisotopic (exact) mass is 928 g/mol. The normalized spacial score (nSPS) is 11.8. The smallest absolute Gasteiger partial charge is 0.130 e. The van der Waals surface area contributed by atoms with Crippen LogP contribution in [0.1, 0.15) is 80.6 Å². The molecule has 0 bridgehead atoms. The summed E-state index contributed by atoms with van der Waals surface area (Å²) in [6, 6.07) is 34.8. The number of pyridine rings is 3. The molecule has 4 aromatic heterocycles. The van der Waals surface area contributed by atoms with E-state index in [-0.39, 0.29) is 25.5 Å². The quantitative estimate of drug-likeness (QED) is 0.161. The molecule has 0 spiro atoms. The van der Waals surface area contributed by atoms with Gasteiger partial charge in [-0.25, -0.2) is 0 Å². The van der Waals surface area contributed by atoms with Gasteiger partial charge in [-0.05, 0) is 96.5 Å². The van der Waals surface area contributed by atoms with Crippen LogP contribution < -0.4 is 0 Å². The van der Waals surface area contributed by atoms with Crippen molar-refractivity contribution in [2.45, 2.75) is 89.0 Å². The van der Waals surface area contributed by atoms with Crippen molar-refractivity contribution in [2.75, 3.05) is 0 Å². The van der Waals surface area contributed by atoms with Gasteiger partial charge in [-0.2, -0.15) is 0 Å². The number of nitrogens with zero attached hydrogens (tertiary/aromatic N) is 3. The first-order valence-corrected chi connectivity index (χ1v) is 19.7. The van der Waals surface area contributed by atoms with Gasteiger partial charge in [-0.3, -0.25) is 4.98 Å². The van der Waals surface area contributed by atoms with Crippen LogP contribution >= 0.6 is 0 Å². The van der Waals surface area contributed by atoms with Gasteiger partial charge < -0.3 is 14.4 Å². The number of furan rings is 1. The molecule has 1 radical (unpaired) electrons. The fourth-order valence-corrected chi connectivity index (χ4v) is 7.49. The number of rotatable bonds is 5. The minimum atomic E-state index is 0. The fraction of sp³-hybridized carbons (Fsp3) is 0.288. The Morgan fingerprint density at radius 2 is 1.30 bits per heavy atom. The summed E-state index contributed by atoms with van der Waals surface area (Å²) in [4.78, 5) is 13.8. The fourth-order valence-electron chi connectivity index (χ4n) is 7.49. The van der Waals surface area contributed by atoms with Crippen LogP contribution in [-0.4, -0.2) is 15.0 Å². The number of hydrogen-bond acceptors (Lipinski definition) is 4. The molecule has 0 aliphatic heterocycles. The Kier molecular flexibility index (Phi) is 12.1. The van der Waals surface area contributed by atoms with Crippen LogP contribution in [0, 0.1) is 57.6 Å². The maximum Gasteiger partial charge on any atom is 0.130 e. The van der Waals surface area contributed by atoms with Gasteiger partial charge in [0.05, 0.1) is 5.58 Å². The molecule has 0 saturated carbocycles. The summed E-state index contributed by atoms with van der Waals surface area (Å²) in [5.74, 6) is 0. The van der Waals surface area contributed by atoms with Crippen molar-refractivity contribution >= 4 is 32.7 Å². The molecular weight excluding hydrogens is 875 g/mol. The van der Waals surface area contributed by atoms with Gasteiger partial charge in [0.25, 0.3) is 0 Å². The predicted octanol–water partition coefficient (Wildman–Crippen LogP) is 13.9. The van der Waals surface area contributed by atoms with E-state index >= 15 is 0 Å². The summed E-state index contributed by atoms with van der Waals surface area (Å²) in [7, 11) is 0. The van der Waals surface area contributed by atoms with E-state index in [0.29, 0.717) is 5.41 Å². The Balaban J connectivity index is 0.000000192. The molecule has 0 N–H and O–H groups in total. The van der Waals surface area contributed by atoms with Gasteiger partial charge in [0.1, 0.15) is 5.58 Å². The maximum atomic E-state index is 6.49. The summed E-state index contributed by atoms with van der Waals surface area (Å²) in [5, 5.41) is 4.40. The molecule has 57 heavy (non-hydrogen) atoms. The van der Waals surface area contributed by atoms with E-state index in [4.69, 9.17) is 9.40 Å². The van der Waals surface area contributed by atoms with Crippen LogP contribution in [0.15, 0.2) is 102 Å². The molecule has 4 heterocycles. The van der Waals surface area contributed by atoms with Crippen LogP contribution in [0.5, 0.6) is 0 Å². The van der Waals surface area contributed by atoms with E-state index < -0.39 is 0 Å². The van der Waals surface area contributed by atoms with Crippen LogP contribution in [-0.2, 0) is 32.9 Å². The number of hydrogen-bond donors (Lipinski definition) is 0. The van der Waals surface area contributed by atoms with E-state index in [0.717, 1.165) is 73.8 Å². The van der Waals surface area contributed by atoms with Crippen LogP contribution in [0.4, 0.5) is 0 Å². The molecule has 8 rings (SSSR count). The van der Waals surface area contributed by atoms with E-state index in [1.165, 1.54) is 44.5 Å². The van der Waals surface area contributed by atoms with Crippen molar-refractivity contribution in [3.05, 3.63) is 149 Å². The van der Waals surface area contributed by atoms with Crippen molar-refractivity contribution in [2.24, 2.45) is 10.8 Å². The summed E-state index contributed by atoms with van der Waals surface area (Å²) >= 11 is 0. The van der Waals surface area contributed by atoms with Crippen LogP contribution in [0.3, 0.4) is 0 Å². The zero-order chi connectivity index (χ0) is 39.9. The molecule has 5 heteroatoms. The average molecular weight is 928 g/mol. The molecule has 0 atom stereocenters. The van der Waals surface area contributed by atoms with Gasteiger partial charge in [0, 0.05) is 55.2 Å². The number of fused-ring (bicyclic) bond motifs is 5. The Morgan fingerprint density at radius 1 is 0.614 bits per heavy atom. The first kappa shape index (κ1) is 41.7. The van der Waals surface area contributed by atoms with Gasteiger partial charge in [-0.1, -0.05) is 125 Å². The third kappa shape index (κ3) is 9.27. The first-order chi connectivity index (χ1) is 26.5. The molecule has 4 nitrogen and oxygen atoms in total. The molecule has 0 aliphatic rings. The molecule has 0 aliphatic carbocycles. The van der Waals surface area contributed by atoms with E-state index in [9.17, 15) is 0 Å². The number of aromatic nitrogens is 3. The van der Waals surface area contributed by atoms with E-state index in [1.54, 1.807) is 0 Å². The zero-order valence-corrected chi connectivity index (χ0v) is 37.6. The number of aryl methyl sites for hydroxylation is 5. The second-order valence-electron chi connectivity index (χ2n) is 17.9. The minimum absolute atomic E-state index is 0. The zero-order valence-electron chi connectivity index (χ0n) is 35.2. The van der Waals surface area contributed by atoms with E-state index in [1.807, 2.05) is 37.6 Å². The van der Waals surface area contributed by atoms with Crippen LogP contribution in [0.2, 0.25) is 0 Å². The van der Waals surface area contributed by atoms with Gasteiger partial charge >= 0.3 is 0 Å². The summed E-state index contributed by atoms with van der Waals surface area (Å²) in [5.41, 5.74) is 17.2. The Bertz CT molecular complexity index is 2710. The van der Waals surface area contributed by atoms with Crippen molar-refractivity contribution in [1.29, 1.82) is 0 Å².